The molecule has 3 N–H and O–H groups in total. The van der Waals surface area contributed by atoms with E-state index in [1.165, 1.54) is 0 Å². The van der Waals surface area contributed by atoms with Crippen molar-refractivity contribution in [1.29, 1.82) is 0 Å². The van der Waals surface area contributed by atoms with Gasteiger partial charge in [-0.3, -0.25) is 0 Å². The molecule has 0 amide bonds. The van der Waals surface area contributed by atoms with E-state index in [1.54, 1.807) is 23.5 Å². The van der Waals surface area contributed by atoms with Gasteiger partial charge in [-0.05, 0) is 19.1 Å². The lowest BCUT2D eigenvalue weighted by atomic mass is 10.1. The molecular formula is C11H12N2OS. The zero-order valence-corrected chi connectivity index (χ0v) is 9.21. The van der Waals surface area contributed by atoms with Gasteiger partial charge < -0.3 is 10.8 Å². The monoisotopic (exact) mass is 220 g/mol. The molecule has 4 heteroatoms. The van der Waals surface area contributed by atoms with Gasteiger partial charge in [0.05, 0.1) is 5.69 Å². The van der Waals surface area contributed by atoms with Crippen LogP contribution in [0.25, 0.3) is 11.3 Å². The third-order valence-corrected chi connectivity index (χ3v) is 3.17. The summed E-state index contributed by atoms with van der Waals surface area (Å²) in [6.45, 7) is 2.43. The lowest BCUT2D eigenvalue weighted by molar-refractivity contribution is 0.477. The van der Waals surface area contributed by atoms with Crippen LogP contribution in [0.5, 0.6) is 5.75 Å². The van der Waals surface area contributed by atoms with E-state index in [1.807, 2.05) is 19.1 Å². The molecule has 0 saturated carbocycles. The maximum absolute atomic E-state index is 9.70. The summed E-state index contributed by atoms with van der Waals surface area (Å²) in [5.41, 5.74) is 7.13. The summed E-state index contributed by atoms with van der Waals surface area (Å²) in [6, 6.07) is 7.20. The Morgan fingerprint density at radius 3 is 2.73 bits per heavy atom. The fourth-order valence-corrected chi connectivity index (χ4v) is 2.29. The van der Waals surface area contributed by atoms with Crippen LogP contribution in [0.1, 0.15) is 9.88 Å². The summed E-state index contributed by atoms with van der Waals surface area (Å²) in [5, 5.41) is 10.6. The average molecular weight is 220 g/mol. The van der Waals surface area contributed by atoms with E-state index in [-0.39, 0.29) is 5.75 Å². The Hall–Kier alpha value is -1.39. The number of rotatable bonds is 2. The van der Waals surface area contributed by atoms with E-state index >= 15 is 0 Å². The van der Waals surface area contributed by atoms with E-state index in [4.69, 9.17) is 5.73 Å². The number of nitrogens with two attached hydrogens (primary N) is 1. The molecule has 15 heavy (non-hydrogen) atoms. The van der Waals surface area contributed by atoms with Gasteiger partial charge >= 0.3 is 0 Å². The minimum atomic E-state index is 0.259. The van der Waals surface area contributed by atoms with Crippen LogP contribution in [0.3, 0.4) is 0 Å². The van der Waals surface area contributed by atoms with Crippen molar-refractivity contribution in [1.82, 2.24) is 4.98 Å². The minimum absolute atomic E-state index is 0.259. The van der Waals surface area contributed by atoms with E-state index in [9.17, 15) is 5.11 Å². The van der Waals surface area contributed by atoms with Gasteiger partial charge in [-0.25, -0.2) is 4.98 Å². The lowest BCUT2D eigenvalue weighted by Crippen LogP contribution is -1.94. The number of para-hydroxylation sites is 1. The van der Waals surface area contributed by atoms with Crippen LogP contribution < -0.4 is 5.73 Å². The van der Waals surface area contributed by atoms with Crippen molar-refractivity contribution < 1.29 is 5.11 Å². The van der Waals surface area contributed by atoms with Crippen LogP contribution >= 0.6 is 11.3 Å². The van der Waals surface area contributed by atoms with E-state index in [0.717, 1.165) is 21.1 Å². The van der Waals surface area contributed by atoms with Crippen LogP contribution in [-0.4, -0.2) is 10.1 Å². The highest BCUT2D eigenvalue weighted by Crippen LogP contribution is 2.32. The lowest BCUT2D eigenvalue weighted by Gasteiger charge is -2.01. The smallest absolute Gasteiger partial charge is 0.125 e. The molecule has 0 aliphatic carbocycles. The molecule has 0 aliphatic rings. The van der Waals surface area contributed by atoms with Crippen molar-refractivity contribution in [3.05, 3.63) is 34.2 Å². The largest absolute Gasteiger partial charge is 0.507 e. The number of phenols is 1. The van der Waals surface area contributed by atoms with Crippen molar-refractivity contribution in [2.24, 2.45) is 5.73 Å². The number of benzene rings is 1. The molecule has 2 aromatic rings. The van der Waals surface area contributed by atoms with Crippen LogP contribution in [0.2, 0.25) is 0 Å². The topological polar surface area (TPSA) is 59.1 Å². The molecular weight excluding hydrogens is 208 g/mol. The van der Waals surface area contributed by atoms with Gasteiger partial charge in [0.25, 0.3) is 0 Å². The summed E-state index contributed by atoms with van der Waals surface area (Å²) >= 11 is 1.57. The number of hydrogen-bond acceptors (Lipinski definition) is 4. The number of nitrogens with zero attached hydrogens (tertiary/aromatic N) is 1. The predicted octanol–water partition coefficient (Wildman–Crippen LogP) is 2.28. The van der Waals surface area contributed by atoms with Gasteiger partial charge in [-0.1, -0.05) is 12.1 Å². The summed E-state index contributed by atoms with van der Waals surface area (Å²) in [7, 11) is 0. The second-order valence-corrected chi connectivity index (χ2v) is 4.52. The van der Waals surface area contributed by atoms with E-state index in [2.05, 4.69) is 4.98 Å². The van der Waals surface area contributed by atoms with E-state index < -0.39 is 0 Å². The Morgan fingerprint density at radius 2 is 2.13 bits per heavy atom. The Bertz CT molecular complexity index is 479. The van der Waals surface area contributed by atoms with Gasteiger partial charge in [0.1, 0.15) is 10.8 Å². The van der Waals surface area contributed by atoms with Crippen molar-refractivity contribution >= 4 is 11.3 Å². The number of phenolic OH excluding ortho intramolecular Hbond substituents is 1. The SMILES string of the molecule is Cc1sc(CN)nc1-c1ccccc1O. The quantitative estimate of drug-likeness (QED) is 0.816. The minimum Gasteiger partial charge on any atom is -0.507 e. The molecule has 3 nitrogen and oxygen atoms in total. The van der Waals surface area contributed by atoms with Gasteiger partial charge in [0, 0.05) is 17.0 Å². The zero-order valence-electron chi connectivity index (χ0n) is 8.40. The number of aryl methyl sites for hydroxylation is 1. The summed E-state index contributed by atoms with van der Waals surface area (Å²) in [5.74, 6) is 0.259. The molecule has 0 spiro atoms. The summed E-state index contributed by atoms with van der Waals surface area (Å²) < 4.78 is 0. The number of aromatic hydroxyl groups is 1. The van der Waals surface area contributed by atoms with Crippen LogP contribution in [-0.2, 0) is 6.54 Å². The summed E-state index contributed by atoms with van der Waals surface area (Å²) in [4.78, 5) is 5.47. The van der Waals surface area contributed by atoms with Gasteiger partial charge in [0.15, 0.2) is 0 Å². The highest BCUT2D eigenvalue weighted by Gasteiger charge is 2.11. The number of hydrogen-bond donors (Lipinski definition) is 2. The Morgan fingerprint density at radius 1 is 1.40 bits per heavy atom. The molecule has 0 bridgehead atoms. The summed E-state index contributed by atoms with van der Waals surface area (Å²) in [6.07, 6.45) is 0. The normalized spacial score (nSPS) is 10.5. The molecule has 0 atom stereocenters. The average Bonchev–Trinajstić information content (AvgIpc) is 2.60. The Balaban J connectivity index is 2.54. The first-order valence-corrected chi connectivity index (χ1v) is 5.48. The van der Waals surface area contributed by atoms with Crippen molar-refractivity contribution in [3.63, 3.8) is 0 Å². The number of aromatic nitrogens is 1. The second kappa shape index (κ2) is 4.00. The fraction of sp³-hybridized carbons (Fsp3) is 0.182. The predicted molar refractivity (Wildman–Crippen MR) is 61.8 cm³/mol. The molecule has 0 radical (unpaired) electrons. The molecule has 1 aromatic carbocycles. The third-order valence-electron chi connectivity index (χ3n) is 2.17. The molecule has 0 unspecified atom stereocenters. The highest BCUT2D eigenvalue weighted by atomic mass is 32.1. The van der Waals surface area contributed by atoms with E-state index in [0.29, 0.717) is 6.54 Å². The van der Waals surface area contributed by atoms with Gasteiger partial charge in [0.2, 0.25) is 0 Å². The first-order valence-electron chi connectivity index (χ1n) is 4.67. The van der Waals surface area contributed by atoms with Crippen LogP contribution in [0, 0.1) is 6.92 Å². The molecule has 1 aromatic heterocycles. The fourth-order valence-electron chi connectivity index (χ4n) is 1.46. The zero-order chi connectivity index (χ0) is 10.8. The molecule has 0 fully saturated rings. The van der Waals surface area contributed by atoms with Crippen molar-refractivity contribution in [3.8, 4) is 17.0 Å². The standard InChI is InChI=1S/C11H12N2OS/c1-7-11(13-10(6-12)15-7)8-4-2-3-5-9(8)14/h2-5,14H,6,12H2,1H3. The first-order chi connectivity index (χ1) is 7.22. The maximum Gasteiger partial charge on any atom is 0.125 e. The Labute approximate surface area is 92.2 Å². The second-order valence-electron chi connectivity index (χ2n) is 3.23. The molecule has 2 rings (SSSR count). The number of thiazole rings is 1. The molecule has 0 saturated heterocycles. The van der Waals surface area contributed by atoms with Crippen molar-refractivity contribution in [2.45, 2.75) is 13.5 Å². The van der Waals surface area contributed by atoms with Gasteiger partial charge in [-0.2, -0.15) is 0 Å². The molecule has 0 aliphatic heterocycles. The Kier molecular flexibility index (Phi) is 2.70. The third kappa shape index (κ3) is 1.86. The first kappa shape index (κ1) is 10.1. The van der Waals surface area contributed by atoms with Gasteiger partial charge in [-0.15, -0.1) is 11.3 Å². The van der Waals surface area contributed by atoms with Crippen LogP contribution in [0.4, 0.5) is 0 Å². The van der Waals surface area contributed by atoms with Crippen molar-refractivity contribution in [2.75, 3.05) is 0 Å². The maximum atomic E-state index is 9.70. The molecule has 1 heterocycles. The highest BCUT2D eigenvalue weighted by molar-refractivity contribution is 7.12. The molecule has 78 valence electrons. The van der Waals surface area contributed by atoms with Crippen LogP contribution in [0.15, 0.2) is 24.3 Å².